The smallest absolute Gasteiger partial charge is 0.328 e. The Labute approximate surface area is 204 Å². The number of aromatic nitrogens is 1. The van der Waals surface area contributed by atoms with Gasteiger partial charge in [0.2, 0.25) is 5.91 Å². The summed E-state index contributed by atoms with van der Waals surface area (Å²) in [5.41, 5.74) is 0.242. The van der Waals surface area contributed by atoms with E-state index < -0.39 is 11.9 Å². The van der Waals surface area contributed by atoms with Crippen LogP contribution in [-0.2, 0) is 14.4 Å². The van der Waals surface area contributed by atoms with Crippen molar-refractivity contribution in [3.8, 4) is 12.1 Å². The third-order valence-electron chi connectivity index (χ3n) is 5.94. The Morgan fingerprint density at radius 2 is 1.80 bits per heavy atom. The minimum Gasteiger partial charge on any atom is -0.478 e. The molecule has 1 aromatic rings. The van der Waals surface area contributed by atoms with Gasteiger partial charge in [-0.3, -0.25) is 9.69 Å². The van der Waals surface area contributed by atoms with E-state index in [0.717, 1.165) is 45.1 Å². The van der Waals surface area contributed by atoms with Crippen LogP contribution in [0.3, 0.4) is 0 Å². The number of carboxylic acid groups (broad SMARTS) is 2. The molecule has 1 aliphatic carbocycles. The van der Waals surface area contributed by atoms with E-state index in [0.29, 0.717) is 30.1 Å². The highest BCUT2D eigenvalue weighted by atomic mass is 16.4. The molecule has 1 unspecified atom stereocenters. The second kappa shape index (κ2) is 13.7. The third-order valence-corrected chi connectivity index (χ3v) is 5.94. The molecule has 3 rings (SSSR count). The topological polar surface area (TPSA) is 179 Å². The maximum Gasteiger partial charge on any atom is 0.328 e. The first-order chi connectivity index (χ1) is 16.8. The number of nitrogens with one attached hydrogen (secondary N) is 2. The highest BCUT2D eigenvalue weighted by Crippen LogP contribution is 2.29. The number of pyridine rings is 1. The molecule has 186 valence electrons. The second-order valence-electron chi connectivity index (χ2n) is 8.55. The number of nitrogens with zero attached hydrogens (tertiary/aromatic N) is 4. The number of hydrogen-bond donors (Lipinski definition) is 4. The molecule has 0 aromatic carbocycles. The van der Waals surface area contributed by atoms with Gasteiger partial charge in [0.1, 0.15) is 11.9 Å². The summed E-state index contributed by atoms with van der Waals surface area (Å²) in [7, 11) is 0. The first kappa shape index (κ1) is 27.3. The van der Waals surface area contributed by atoms with E-state index >= 15 is 0 Å². The van der Waals surface area contributed by atoms with E-state index in [9.17, 15) is 19.6 Å². The standard InChI is InChI=1S/C20H26N6O.C4H4O4/c21-11-16-6-7-18(23-13-16)24-15-20(8-2-1-3-9-20)25-19(27)14-26-10-4-5-17(26)12-22;5-3(6)1-2-4(7)8/h6-7,13,17H,1-5,8-10,14-15H2,(H,23,24)(H,25,27);1-2H,(H,5,6)(H,7,8). The van der Waals surface area contributed by atoms with Crippen molar-refractivity contribution >= 4 is 23.7 Å². The van der Waals surface area contributed by atoms with Gasteiger partial charge < -0.3 is 20.8 Å². The quantitative estimate of drug-likeness (QED) is 0.400. The Bertz CT molecular complexity index is 973. The lowest BCUT2D eigenvalue weighted by atomic mass is 9.81. The van der Waals surface area contributed by atoms with Crippen molar-refractivity contribution in [3.63, 3.8) is 0 Å². The summed E-state index contributed by atoms with van der Waals surface area (Å²) in [6.07, 6.45) is 9.72. The van der Waals surface area contributed by atoms with Gasteiger partial charge in [-0.05, 0) is 37.8 Å². The van der Waals surface area contributed by atoms with Crippen LogP contribution in [0.25, 0.3) is 0 Å². The summed E-state index contributed by atoms with van der Waals surface area (Å²) in [5, 5.41) is 40.3. The highest BCUT2D eigenvalue weighted by molar-refractivity contribution is 5.89. The third kappa shape index (κ3) is 9.43. The van der Waals surface area contributed by atoms with Gasteiger partial charge in [-0.15, -0.1) is 0 Å². The summed E-state index contributed by atoms with van der Waals surface area (Å²) >= 11 is 0. The van der Waals surface area contributed by atoms with Crippen LogP contribution in [0.15, 0.2) is 30.5 Å². The lowest BCUT2D eigenvalue weighted by Gasteiger charge is -2.39. The monoisotopic (exact) mass is 482 g/mol. The maximum absolute atomic E-state index is 12.7. The molecule has 1 saturated heterocycles. The largest absolute Gasteiger partial charge is 0.478 e. The van der Waals surface area contributed by atoms with Crippen molar-refractivity contribution in [2.24, 2.45) is 0 Å². The van der Waals surface area contributed by atoms with Gasteiger partial charge in [0.15, 0.2) is 0 Å². The zero-order valence-electron chi connectivity index (χ0n) is 19.4. The fraction of sp³-hybridized carbons (Fsp3) is 0.500. The van der Waals surface area contributed by atoms with E-state index in [1.807, 2.05) is 4.90 Å². The fourth-order valence-electron chi connectivity index (χ4n) is 4.22. The van der Waals surface area contributed by atoms with Crippen molar-refractivity contribution in [2.45, 2.75) is 56.5 Å². The first-order valence-corrected chi connectivity index (χ1v) is 11.5. The Morgan fingerprint density at radius 1 is 1.11 bits per heavy atom. The van der Waals surface area contributed by atoms with Gasteiger partial charge >= 0.3 is 11.9 Å². The van der Waals surface area contributed by atoms with Crippen molar-refractivity contribution in [2.75, 3.05) is 25.0 Å². The van der Waals surface area contributed by atoms with Gasteiger partial charge in [-0.2, -0.15) is 10.5 Å². The van der Waals surface area contributed by atoms with E-state index in [-0.39, 0.29) is 24.0 Å². The van der Waals surface area contributed by atoms with Crippen LogP contribution in [0.2, 0.25) is 0 Å². The van der Waals surface area contributed by atoms with Gasteiger partial charge in [0, 0.05) is 31.4 Å². The molecule has 2 aliphatic rings. The first-order valence-electron chi connectivity index (χ1n) is 11.5. The highest BCUT2D eigenvalue weighted by Gasteiger charge is 2.35. The van der Waals surface area contributed by atoms with Crippen LogP contribution in [-0.4, -0.2) is 69.2 Å². The molecular formula is C24H30N6O5. The van der Waals surface area contributed by atoms with E-state index in [4.69, 9.17) is 15.5 Å². The number of carbonyl (C=O) groups is 3. The van der Waals surface area contributed by atoms with Crippen molar-refractivity contribution in [1.82, 2.24) is 15.2 Å². The van der Waals surface area contributed by atoms with Crippen LogP contribution >= 0.6 is 0 Å². The number of carbonyl (C=O) groups excluding carboxylic acids is 1. The Balaban J connectivity index is 0.000000466. The molecule has 0 bridgehead atoms. The van der Waals surface area contributed by atoms with Crippen LogP contribution in [0.4, 0.5) is 5.82 Å². The number of aliphatic carboxylic acids is 2. The number of rotatable bonds is 8. The molecule has 1 aliphatic heterocycles. The average molecular weight is 483 g/mol. The predicted octanol–water partition coefficient (Wildman–Crippen LogP) is 1.88. The van der Waals surface area contributed by atoms with E-state index in [1.165, 1.54) is 6.42 Å². The van der Waals surface area contributed by atoms with Crippen molar-refractivity contribution in [3.05, 3.63) is 36.0 Å². The minimum atomic E-state index is -1.26. The molecular weight excluding hydrogens is 452 g/mol. The van der Waals surface area contributed by atoms with Gasteiger partial charge in [0.05, 0.1) is 29.8 Å². The van der Waals surface area contributed by atoms with Gasteiger partial charge in [-0.1, -0.05) is 19.3 Å². The molecule has 0 radical (unpaired) electrons. The summed E-state index contributed by atoms with van der Waals surface area (Å²) in [6, 6.07) is 7.74. The van der Waals surface area contributed by atoms with Crippen LogP contribution in [0.1, 0.15) is 50.5 Å². The summed E-state index contributed by atoms with van der Waals surface area (Å²) in [5.74, 6) is -1.81. The van der Waals surface area contributed by atoms with Gasteiger partial charge in [0.25, 0.3) is 0 Å². The van der Waals surface area contributed by atoms with Crippen LogP contribution in [0.5, 0.6) is 0 Å². The number of anilines is 1. The molecule has 11 heteroatoms. The summed E-state index contributed by atoms with van der Waals surface area (Å²) in [4.78, 5) is 38.0. The normalized spacial score (nSPS) is 19.0. The molecule has 1 saturated carbocycles. The summed E-state index contributed by atoms with van der Waals surface area (Å²) in [6.45, 7) is 1.71. The molecule has 4 N–H and O–H groups in total. The molecule has 11 nitrogen and oxygen atoms in total. The van der Waals surface area contributed by atoms with E-state index in [1.54, 1.807) is 18.3 Å². The zero-order valence-corrected chi connectivity index (χ0v) is 19.4. The average Bonchev–Trinajstić information content (AvgIpc) is 3.29. The molecule has 35 heavy (non-hydrogen) atoms. The SMILES string of the molecule is N#Cc1ccc(NCC2(NC(=O)CN3CCCC3C#N)CCCCC2)nc1.O=C(O)C=CC(=O)O. The summed E-state index contributed by atoms with van der Waals surface area (Å²) < 4.78 is 0. The molecule has 1 aromatic heterocycles. The lowest BCUT2D eigenvalue weighted by Crippen LogP contribution is -2.56. The fourth-order valence-corrected chi connectivity index (χ4v) is 4.22. The molecule has 2 heterocycles. The Kier molecular flexibility index (Phi) is 10.7. The van der Waals surface area contributed by atoms with Crippen LogP contribution in [0, 0.1) is 22.7 Å². The lowest BCUT2D eigenvalue weighted by molar-refractivity contribution is -0.134. The van der Waals surface area contributed by atoms with E-state index in [2.05, 4.69) is 27.8 Å². The molecule has 1 amide bonds. The molecule has 0 spiro atoms. The number of likely N-dealkylation sites (tertiary alicyclic amines) is 1. The molecule has 2 fully saturated rings. The van der Waals surface area contributed by atoms with Crippen LogP contribution < -0.4 is 10.6 Å². The minimum absolute atomic E-state index is 0.00589. The number of amides is 1. The number of nitriles is 2. The number of carboxylic acids is 2. The maximum atomic E-state index is 12.7. The van der Waals surface area contributed by atoms with Crippen molar-refractivity contribution in [1.29, 1.82) is 10.5 Å². The van der Waals surface area contributed by atoms with Gasteiger partial charge in [-0.25, -0.2) is 14.6 Å². The predicted molar refractivity (Wildman–Crippen MR) is 126 cm³/mol. The second-order valence-corrected chi connectivity index (χ2v) is 8.55. The number of hydrogen-bond acceptors (Lipinski definition) is 8. The van der Waals surface area contributed by atoms with Crippen molar-refractivity contribution < 1.29 is 24.6 Å². The molecule has 1 atom stereocenters. The zero-order chi connectivity index (χ0) is 25.7. The Hall–Kier alpha value is -3.96. The Morgan fingerprint density at radius 3 is 2.34 bits per heavy atom.